The van der Waals surface area contributed by atoms with E-state index in [1.54, 1.807) is 0 Å². The third-order valence-corrected chi connectivity index (χ3v) is 4.72. The summed E-state index contributed by atoms with van der Waals surface area (Å²) >= 11 is 1.43. The van der Waals surface area contributed by atoms with E-state index in [4.69, 9.17) is 0 Å². The minimum Gasteiger partial charge on any atom is -0.347 e. The Kier molecular flexibility index (Phi) is 11.5. The first-order valence-electron chi connectivity index (χ1n) is 7.86. The van der Waals surface area contributed by atoms with Crippen LogP contribution in [0, 0.1) is 17.8 Å². The van der Waals surface area contributed by atoms with Crippen molar-refractivity contribution in [2.75, 3.05) is 12.3 Å². The van der Waals surface area contributed by atoms with Gasteiger partial charge >= 0.3 is 0 Å². The van der Waals surface area contributed by atoms with Crippen molar-refractivity contribution < 1.29 is 4.79 Å². The lowest BCUT2D eigenvalue weighted by Gasteiger charge is -2.13. The van der Waals surface area contributed by atoms with Crippen molar-refractivity contribution in [3.8, 4) is 0 Å². The average molecular weight is 288 g/mol. The van der Waals surface area contributed by atoms with Crippen LogP contribution in [-0.2, 0) is 0 Å². The van der Waals surface area contributed by atoms with Crippen molar-refractivity contribution in [2.24, 2.45) is 17.8 Å². The van der Waals surface area contributed by atoms with Crippen molar-refractivity contribution in [1.29, 1.82) is 0 Å². The van der Waals surface area contributed by atoms with Gasteiger partial charge in [-0.15, -0.1) is 0 Å². The van der Waals surface area contributed by atoms with Gasteiger partial charge in [0.05, 0.1) is 0 Å². The van der Waals surface area contributed by atoms with Crippen LogP contribution < -0.4 is 5.32 Å². The minimum absolute atomic E-state index is 0.148. The molecule has 2 nitrogen and oxygen atoms in total. The molecule has 2 atom stereocenters. The third-order valence-electron chi connectivity index (χ3n) is 3.58. The Morgan fingerprint density at radius 3 is 2.32 bits per heavy atom. The summed E-state index contributed by atoms with van der Waals surface area (Å²) in [6.07, 6.45) is 6.17. The van der Waals surface area contributed by atoms with Gasteiger partial charge in [-0.05, 0) is 24.2 Å². The van der Waals surface area contributed by atoms with Crippen LogP contribution in [0.25, 0.3) is 0 Å². The molecular formula is C16H33NOS. The maximum atomic E-state index is 11.6. The molecular weight excluding hydrogens is 254 g/mol. The van der Waals surface area contributed by atoms with E-state index >= 15 is 0 Å². The fourth-order valence-electron chi connectivity index (χ4n) is 1.83. The molecule has 2 unspecified atom stereocenters. The molecule has 0 aromatic heterocycles. The number of carbonyl (C=O) groups excluding carboxylic acids is 1. The summed E-state index contributed by atoms with van der Waals surface area (Å²) < 4.78 is 0. The molecule has 3 heteroatoms. The van der Waals surface area contributed by atoms with E-state index in [1.165, 1.54) is 31.0 Å². The highest BCUT2D eigenvalue weighted by atomic mass is 32.2. The van der Waals surface area contributed by atoms with Gasteiger partial charge in [0.15, 0.2) is 0 Å². The lowest BCUT2D eigenvalue weighted by atomic mass is 9.97. The van der Waals surface area contributed by atoms with Crippen LogP contribution in [0.15, 0.2) is 0 Å². The normalized spacial score (nSPS) is 14.4. The van der Waals surface area contributed by atoms with Gasteiger partial charge in [0, 0.05) is 12.3 Å². The molecule has 1 amide bonds. The van der Waals surface area contributed by atoms with E-state index in [0.29, 0.717) is 5.92 Å². The number of rotatable bonds is 10. The molecule has 0 saturated carbocycles. The van der Waals surface area contributed by atoms with E-state index in [0.717, 1.165) is 37.0 Å². The predicted molar refractivity (Wildman–Crippen MR) is 87.8 cm³/mol. The van der Waals surface area contributed by atoms with Crippen molar-refractivity contribution in [2.45, 2.75) is 66.7 Å². The molecule has 0 aromatic rings. The fourth-order valence-corrected chi connectivity index (χ4v) is 2.70. The zero-order chi connectivity index (χ0) is 14.7. The number of hydrogen-bond acceptors (Lipinski definition) is 2. The van der Waals surface area contributed by atoms with E-state index in [2.05, 4.69) is 39.9 Å². The van der Waals surface area contributed by atoms with Crippen molar-refractivity contribution in [3.05, 3.63) is 0 Å². The van der Waals surface area contributed by atoms with Gasteiger partial charge in [0.25, 0.3) is 5.24 Å². The number of nitrogens with one attached hydrogen (secondary N) is 1. The van der Waals surface area contributed by atoms with E-state index < -0.39 is 0 Å². The summed E-state index contributed by atoms with van der Waals surface area (Å²) in [5.74, 6) is 3.10. The van der Waals surface area contributed by atoms with Crippen LogP contribution in [0.5, 0.6) is 0 Å². The summed E-state index contributed by atoms with van der Waals surface area (Å²) in [6, 6.07) is 0. The van der Waals surface area contributed by atoms with Crippen molar-refractivity contribution in [3.63, 3.8) is 0 Å². The largest absolute Gasteiger partial charge is 0.347 e. The smallest absolute Gasteiger partial charge is 0.279 e. The average Bonchev–Trinajstić information content (AvgIpc) is 2.35. The predicted octanol–water partition coefficient (Wildman–Crippen LogP) is 5.33. The topological polar surface area (TPSA) is 29.1 Å². The van der Waals surface area contributed by atoms with Crippen LogP contribution in [0.3, 0.4) is 0 Å². The Hall–Kier alpha value is -0.180. The molecule has 0 heterocycles. The Labute approximate surface area is 124 Å². The Morgan fingerprint density at radius 2 is 1.74 bits per heavy atom. The van der Waals surface area contributed by atoms with Crippen LogP contribution in [0.4, 0.5) is 4.79 Å². The fraction of sp³-hybridized carbons (Fsp3) is 0.938. The van der Waals surface area contributed by atoms with E-state index in [1.807, 2.05) is 0 Å². The highest BCUT2D eigenvalue weighted by Crippen LogP contribution is 2.15. The number of carbonyl (C=O) groups is 1. The van der Waals surface area contributed by atoms with Crippen LogP contribution in [0.1, 0.15) is 66.7 Å². The van der Waals surface area contributed by atoms with Crippen LogP contribution in [0.2, 0.25) is 0 Å². The Morgan fingerprint density at radius 1 is 1.05 bits per heavy atom. The molecule has 0 saturated heterocycles. The number of hydrogen-bond donors (Lipinski definition) is 1. The van der Waals surface area contributed by atoms with E-state index in [-0.39, 0.29) is 5.24 Å². The van der Waals surface area contributed by atoms with Gasteiger partial charge in [-0.3, -0.25) is 4.79 Å². The molecule has 0 fully saturated rings. The molecule has 114 valence electrons. The van der Waals surface area contributed by atoms with Crippen molar-refractivity contribution >= 4 is 17.0 Å². The molecule has 0 bridgehead atoms. The molecule has 0 aliphatic rings. The first-order valence-corrected chi connectivity index (χ1v) is 8.84. The molecule has 0 aliphatic heterocycles. The summed E-state index contributed by atoms with van der Waals surface area (Å²) in [7, 11) is 0. The van der Waals surface area contributed by atoms with Gasteiger partial charge in [0.1, 0.15) is 0 Å². The summed E-state index contributed by atoms with van der Waals surface area (Å²) in [5, 5.41) is 3.16. The maximum Gasteiger partial charge on any atom is 0.279 e. The van der Waals surface area contributed by atoms with Crippen LogP contribution >= 0.6 is 11.8 Å². The Balaban J connectivity index is 3.48. The van der Waals surface area contributed by atoms with Crippen LogP contribution in [-0.4, -0.2) is 17.5 Å². The highest BCUT2D eigenvalue weighted by molar-refractivity contribution is 8.13. The quantitative estimate of drug-likeness (QED) is 0.588. The molecule has 0 aromatic carbocycles. The SMILES string of the molecule is CCC(C)CSC(=O)NCCC(C)CCCC(C)C. The Bertz CT molecular complexity index is 231. The monoisotopic (exact) mass is 287 g/mol. The molecule has 19 heavy (non-hydrogen) atoms. The van der Waals surface area contributed by atoms with E-state index in [9.17, 15) is 4.79 Å². The molecule has 0 radical (unpaired) electrons. The number of amides is 1. The summed E-state index contributed by atoms with van der Waals surface area (Å²) in [4.78, 5) is 11.6. The second kappa shape index (κ2) is 11.6. The first-order chi connectivity index (χ1) is 8.95. The van der Waals surface area contributed by atoms with Gasteiger partial charge in [-0.25, -0.2) is 0 Å². The van der Waals surface area contributed by atoms with Gasteiger partial charge in [-0.2, -0.15) is 0 Å². The molecule has 0 aliphatic carbocycles. The highest BCUT2D eigenvalue weighted by Gasteiger charge is 2.07. The molecule has 1 N–H and O–H groups in total. The third kappa shape index (κ3) is 12.6. The second-order valence-corrected chi connectivity index (χ2v) is 7.25. The minimum atomic E-state index is 0.148. The standard InChI is InChI=1S/C16H33NOS/c1-6-14(4)12-19-16(18)17-11-10-15(5)9-7-8-13(2)3/h13-15H,6-12H2,1-5H3,(H,17,18). The van der Waals surface area contributed by atoms with Gasteiger partial charge in [-0.1, -0.05) is 72.1 Å². The summed E-state index contributed by atoms with van der Waals surface area (Å²) in [6.45, 7) is 12.0. The first kappa shape index (κ1) is 18.8. The number of thioether (sulfide) groups is 1. The second-order valence-electron chi connectivity index (χ2n) is 6.26. The zero-order valence-corrected chi connectivity index (χ0v) is 14.3. The van der Waals surface area contributed by atoms with Gasteiger partial charge in [0.2, 0.25) is 0 Å². The summed E-state index contributed by atoms with van der Waals surface area (Å²) in [5.41, 5.74) is 0. The maximum absolute atomic E-state index is 11.6. The van der Waals surface area contributed by atoms with Crippen molar-refractivity contribution in [1.82, 2.24) is 5.32 Å². The molecule has 0 rings (SSSR count). The zero-order valence-electron chi connectivity index (χ0n) is 13.5. The lowest BCUT2D eigenvalue weighted by molar-refractivity contribution is 0.260. The molecule has 0 spiro atoms. The van der Waals surface area contributed by atoms with Gasteiger partial charge < -0.3 is 5.32 Å². The lowest BCUT2D eigenvalue weighted by Crippen LogP contribution is -2.22.